The summed E-state index contributed by atoms with van der Waals surface area (Å²) in [6.07, 6.45) is 3.03. The zero-order valence-electron chi connectivity index (χ0n) is 13.4. The number of pyridine rings is 1. The van der Waals surface area contributed by atoms with E-state index in [0.29, 0.717) is 26.7 Å². The molecule has 1 amide bonds. The molecule has 0 unspecified atom stereocenters. The topological polar surface area (TPSA) is 103 Å². The van der Waals surface area contributed by atoms with Crippen molar-refractivity contribution in [3.05, 3.63) is 65.3 Å². The lowest BCUT2D eigenvalue weighted by molar-refractivity contribution is -0.116. The number of para-hydroxylation sites is 1. The molecule has 0 spiro atoms. The molecule has 0 saturated heterocycles. The minimum atomic E-state index is -0.382. The molecule has 1 N–H and O–H groups in total. The van der Waals surface area contributed by atoms with Crippen molar-refractivity contribution < 1.29 is 4.79 Å². The molecule has 0 saturated carbocycles. The molecule has 8 nitrogen and oxygen atoms in total. The monoisotopic (exact) mass is 364 g/mol. The lowest BCUT2D eigenvalue weighted by atomic mass is 10.2. The van der Waals surface area contributed by atoms with Gasteiger partial charge in [-0.05, 0) is 24.3 Å². The first kappa shape index (κ1) is 16.0. The number of carbonyl (C=O) groups excluding carboxylic acids is 1. The molecule has 0 aliphatic rings. The maximum Gasteiger partial charge on any atom is 0.261 e. The Hall–Kier alpha value is -3.46. The van der Waals surface area contributed by atoms with Crippen molar-refractivity contribution in [2.75, 3.05) is 5.32 Å². The van der Waals surface area contributed by atoms with Crippen LogP contribution in [0.4, 0.5) is 5.13 Å². The molecule has 0 aliphatic heterocycles. The van der Waals surface area contributed by atoms with Crippen LogP contribution in [0, 0.1) is 0 Å². The van der Waals surface area contributed by atoms with Crippen LogP contribution in [-0.4, -0.2) is 30.6 Å². The summed E-state index contributed by atoms with van der Waals surface area (Å²) >= 11 is 1.21. The number of rotatable bonds is 4. The number of hydrogen-bond acceptors (Lipinski definition) is 7. The normalized spacial score (nSPS) is 10.8. The van der Waals surface area contributed by atoms with E-state index < -0.39 is 0 Å². The average Bonchev–Trinajstić information content (AvgIpc) is 3.13. The van der Waals surface area contributed by atoms with Crippen molar-refractivity contribution in [2.24, 2.45) is 0 Å². The number of aromatic nitrogens is 5. The molecular weight excluding hydrogens is 352 g/mol. The zero-order chi connectivity index (χ0) is 17.9. The van der Waals surface area contributed by atoms with Crippen molar-refractivity contribution in [2.45, 2.75) is 6.54 Å². The molecule has 4 rings (SSSR count). The molecule has 26 heavy (non-hydrogen) atoms. The summed E-state index contributed by atoms with van der Waals surface area (Å²) in [5.74, 6) is -0.382. The third kappa shape index (κ3) is 3.20. The van der Waals surface area contributed by atoms with E-state index in [4.69, 9.17) is 0 Å². The quantitative estimate of drug-likeness (QED) is 0.594. The summed E-state index contributed by atoms with van der Waals surface area (Å²) in [5.41, 5.74) is 1.01. The van der Waals surface area contributed by atoms with Gasteiger partial charge >= 0.3 is 0 Å². The maximum atomic E-state index is 12.4. The second-order valence-electron chi connectivity index (χ2n) is 5.37. The fourth-order valence-electron chi connectivity index (χ4n) is 2.40. The third-order valence-corrected chi connectivity index (χ3v) is 4.46. The van der Waals surface area contributed by atoms with E-state index >= 15 is 0 Å². The molecule has 0 fully saturated rings. The van der Waals surface area contributed by atoms with Crippen LogP contribution in [0.2, 0.25) is 0 Å². The van der Waals surface area contributed by atoms with Gasteiger partial charge in [0.2, 0.25) is 11.0 Å². The molecule has 128 valence electrons. The summed E-state index contributed by atoms with van der Waals surface area (Å²) in [7, 11) is 0. The van der Waals surface area contributed by atoms with Crippen LogP contribution in [0.5, 0.6) is 0 Å². The number of carbonyl (C=O) groups is 1. The van der Waals surface area contributed by atoms with Gasteiger partial charge < -0.3 is 0 Å². The van der Waals surface area contributed by atoms with E-state index in [1.165, 1.54) is 22.2 Å². The van der Waals surface area contributed by atoms with Gasteiger partial charge in [0.15, 0.2) is 5.01 Å². The lowest BCUT2D eigenvalue weighted by Crippen LogP contribution is -2.27. The van der Waals surface area contributed by atoms with Gasteiger partial charge in [-0.25, -0.2) is 4.98 Å². The third-order valence-electron chi connectivity index (χ3n) is 3.60. The molecule has 0 atom stereocenters. The van der Waals surface area contributed by atoms with E-state index in [2.05, 4.69) is 25.5 Å². The highest BCUT2D eigenvalue weighted by Gasteiger charge is 2.12. The Kier molecular flexibility index (Phi) is 4.20. The molecule has 1 aromatic carbocycles. The average molecular weight is 364 g/mol. The summed E-state index contributed by atoms with van der Waals surface area (Å²) in [4.78, 5) is 33.0. The molecule has 0 radical (unpaired) electrons. The smallest absolute Gasteiger partial charge is 0.261 e. The van der Waals surface area contributed by atoms with Gasteiger partial charge in [-0.3, -0.25) is 24.5 Å². The number of benzene rings is 1. The van der Waals surface area contributed by atoms with Crippen molar-refractivity contribution in [3.8, 4) is 10.7 Å². The van der Waals surface area contributed by atoms with Gasteiger partial charge in [0.25, 0.3) is 5.56 Å². The first-order valence-electron chi connectivity index (χ1n) is 7.69. The van der Waals surface area contributed by atoms with Crippen LogP contribution in [0.15, 0.2) is 59.8 Å². The van der Waals surface area contributed by atoms with Crippen LogP contribution in [0.1, 0.15) is 0 Å². The number of anilines is 1. The first-order valence-corrected chi connectivity index (χ1v) is 8.51. The first-order chi connectivity index (χ1) is 12.7. The van der Waals surface area contributed by atoms with Gasteiger partial charge in [-0.1, -0.05) is 29.5 Å². The second kappa shape index (κ2) is 6.81. The van der Waals surface area contributed by atoms with E-state index in [0.717, 1.165) is 0 Å². The highest BCUT2D eigenvalue weighted by molar-refractivity contribution is 7.18. The Morgan fingerprint density at radius 2 is 1.92 bits per heavy atom. The van der Waals surface area contributed by atoms with Gasteiger partial charge in [0.1, 0.15) is 12.2 Å². The maximum absolute atomic E-state index is 12.4. The van der Waals surface area contributed by atoms with Crippen LogP contribution < -0.4 is 10.9 Å². The van der Waals surface area contributed by atoms with Gasteiger partial charge in [0, 0.05) is 6.20 Å². The van der Waals surface area contributed by atoms with Crippen molar-refractivity contribution in [1.29, 1.82) is 0 Å². The van der Waals surface area contributed by atoms with Crippen molar-refractivity contribution >= 4 is 33.3 Å². The van der Waals surface area contributed by atoms with Crippen molar-refractivity contribution in [1.82, 2.24) is 24.7 Å². The molecule has 0 bridgehead atoms. The second-order valence-corrected chi connectivity index (χ2v) is 6.35. The molecule has 9 heteroatoms. The Bertz CT molecular complexity index is 1140. The van der Waals surface area contributed by atoms with E-state index in [-0.39, 0.29) is 18.0 Å². The van der Waals surface area contributed by atoms with Crippen LogP contribution in [0.3, 0.4) is 0 Å². The summed E-state index contributed by atoms with van der Waals surface area (Å²) in [5, 5.41) is 12.0. The predicted molar refractivity (Wildman–Crippen MR) is 97.8 cm³/mol. The van der Waals surface area contributed by atoms with Gasteiger partial charge in [0.05, 0.1) is 17.2 Å². The van der Waals surface area contributed by atoms with Crippen LogP contribution >= 0.6 is 11.3 Å². The standard InChI is InChI=1S/C17H12N6O2S/c24-14(9-23-10-19-12-6-2-1-5-11(12)16(23)25)20-17-22-21-15(26-17)13-7-3-4-8-18-13/h1-8,10H,9H2,(H,20,22,24). The Morgan fingerprint density at radius 1 is 1.08 bits per heavy atom. The number of nitrogens with zero attached hydrogens (tertiary/aromatic N) is 5. The van der Waals surface area contributed by atoms with Crippen molar-refractivity contribution in [3.63, 3.8) is 0 Å². The molecule has 3 aromatic heterocycles. The van der Waals surface area contributed by atoms with E-state index in [1.54, 1.807) is 30.5 Å². The number of amides is 1. The highest BCUT2D eigenvalue weighted by atomic mass is 32.1. The number of hydrogen-bond donors (Lipinski definition) is 1. The Balaban J connectivity index is 1.51. The Labute approximate surface area is 151 Å². The molecule has 3 heterocycles. The largest absolute Gasteiger partial charge is 0.299 e. The van der Waals surface area contributed by atoms with E-state index in [9.17, 15) is 9.59 Å². The summed E-state index contributed by atoms with van der Waals surface area (Å²) < 4.78 is 1.26. The SMILES string of the molecule is O=C(Cn1cnc2ccccc2c1=O)Nc1nnc(-c2ccccn2)s1. The number of fused-ring (bicyclic) bond motifs is 1. The van der Waals surface area contributed by atoms with Gasteiger partial charge in [-0.15, -0.1) is 10.2 Å². The predicted octanol–water partition coefficient (Wildman–Crippen LogP) is 1.95. The lowest BCUT2D eigenvalue weighted by Gasteiger charge is -2.05. The molecule has 4 aromatic rings. The zero-order valence-corrected chi connectivity index (χ0v) is 14.2. The molecular formula is C17H12N6O2S. The highest BCUT2D eigenvalue weighted by Crippen LogP contribution is 2.24. The summed E-state index contributed by atoms with van der Waals surface area (Å²) in [6.45, 7) is -0.158. The minimum absolute atomic E-state index is 0.158. The number of nitrogens with one attached hydrogen (secondary N) is 1. The minimum Gasteiger partial charge on any atom is -0.299 e. The Morgan fingerprint density at radius 3 is 2.77 bits per heavy atom. The van der Waals surface area contributed by atoms with Crippen LogP contribution in [-0.2, 0) is 11.3 Å². The fraction of sp³-hybridized carbons (Fsp3) is 0.0588. The van der Waals surface area contributed by atoms with Gasteiger partial charge in [-0.2, -0.15) is 0 Å². The fourth-order valence-corrected chi connectivity index (χ4v) is 3.14. The van der Waals surface area contributed by atoms with E-state index in [1.807, 2.05) is 18.2 Å². The van der Waals surface area contributed by atoms with Crippen LogP contribution in [0.25, 0.3) is 21.6 Å². The molecule has 0 aliphatic carbocycles. The summed E-state index contributed by atoms with van der Waals surface area (Å²) in [6, 6.07) is 12.5.